The summed E-state index contributed by atoms with van der Waals surface area (Å²) in [6.45, 7) is -0.253. The van der Waals surface area contributed by atoms with Gasteiger partial charge in [0.1, 0.15) is 5.82 Å². The van der Waals surface area contributed by atoms with Crippen molar-refractivity contribution < 1.29 is 28.2 Å². The molecule has 3 aromatic carbocycles. The third kappa shape index (κ3) is 7.64. The predicted octanol–water partition coefficient (Wildman–Crippen LogP) is 3.70. The van der Waals surface area contributed by atoms with E-state index < -0.39 is 17.6 Å². The summed E-state index contributed by atoms with van der Waals surface area (Å²) in [4.78, 5) is 36.0. The lowest BCUT2D eigenvalue weighted by atomic mass is 10.2. The fourth-order valence-electron chi connectivity index (χ4n) is 2.75. The predicted molar refractivity (Wildman–Crippen MR) is 132 cm³/mol. The number of methoxy groups -OCH3 is 1. The number of ether oxygens (including phenoxy) is 2. The molecule has 3 N–H and O–H groups in total. The van der Waals surface area contributed by atoms with Gasteiger partial charge in [0, 0.05) is 11.4 Å². The maximum absolute atomic E-state index is 12.9. The number of carbonyl (C=O) groups is 3. The minimum atomic E-state index is -1.01. The van der Waals surface area contributed by atoms with Gasteiger partial charge < -0.3 is 20.1 Å². The minimum Gasteiger partial charge on any atom is -0.493 e. The van der Waals surface area contributed by atoms with Crippen LogP contribution in [-0.4, -0.2) is 37.7 Å². The van der Waals surface area contributed by atoms with Gasteiger partial charge in [-0.1, -0.05) is 18.2 Å². The zero-order valence-electron chi connectivity index (χ0n) is 18.4. The first-order chi connectivity index (χ1) is 16.9. The fourth-order valence-corrected chi connectivity index (χ4v) is 3.32. The highest BCUT2D eigenvalue weighted by Crippen LogP contribution is 2.36. The molecule has 0 aliphatic carbocycles. The van der Waals surface area contributed by atoms with Crippen molar-refractivity contribution in [3.8, 4) is 11.5 Å². The Bertz CT molecular complexity index is 1240. The van der Waals surface area contributed by atoms with Gasteiger partial charge in [-0.05, 0) is 70.0 Å². The summed E-state index contributed by atoms with van der Waals surface area (Å²) in [6, 6.07) is 17.1. The number of nitrogens with one attached hydrogen (secondary N) is 3. The lowest BCUT2D eigenvalue weighted by molar-refractivity contribution is -0.136. The van der Waals surface area contributed by atoms with E-state index in [0.717, 1.165) is 12.1 Å². The molecular formula is C24H20BrFN4O5. The van der Waals surface area contributed by atoms with Crippen molar-refractivity contribution in [2.75, 3.05) is 24.4 Å². The second kappa shape index (κ2) is 12.3. The number of hydrogen-bond acceptors (Lipinski definition) is 6. The van der Waals surface area contributed by atoms with Gasteiger partial charge in [0.15, 0.2) is 18.1 Å². The Morgan fingerprint density at radius 2 is 1.66 bits per heavy atom. The molecule has 3 amide bonds. The molecule has 0 unspecified atom stereocenters. The summed E-state index contributed by atoms with van der Waals surface area (Å²) in [6.07, 6.45) is 1.29. The van der Waals surface area contributed by atoms with E-state index in [9.17, 15) is 18.8 Å². The van der Waals surface area contributed by atoms with Crippen molar-refractivity contribution >= 4 is 51.2 Å². The average Bonchev–Trinajstić information content (AvgIpc) is 2.85. The van der Waals surface area contributed by atoms with Crippen LogP contribution in [0, 0.1) is 5.82 Å². The second-order valence-electron chi connectivity index (χ2n) is 6.90. The van der Waals surface area contributed by atoms with Crippen LogP contribution in [0.5, 0.6) is 11.5 Å². The number of amides is 3. The maximum atomic E-state index is 12.9. The average molecular weight is 543 g/mol. The van der Waals surface area contributed by atoms with E-state index in [0.29, 0.717) is 27.2 Å². The first-order valence-corrected chi connectivity index (χ1v) is 10.9. The Balaban J connectivity index is 1.57. The Hall–Kier alpha value is -4.25. The van der Waals surface area contributed by atoms with Crippen molar-refractivity contribution in [1.82, 2.24) is 5.43 Å². The largest absolute Gasteiger partial charge is 0.493 e. The molecule has 0 aliphatic rings. The number of nitrogens with zero attached hydrogens (tertiary/aromatic N) is 1. The summed E-state index contributed by atoms with van der Waals surface area (Å²) in [5.41, 5.74) is 3.52. The summed E-state index contributed by atoms with van der Waals surface area (Å²) >= 11 is 3.37. The lowest BCUT2D eigenvalue weighted by Crippen LogP contribution is -2.32. The molecule has 0 aliphatic heterocycles. The van der Waals surface area contributed by atoms with E-state index in [-0.39, 0.29) is 18.2 Å². The van der Waals surface area contributed by atoms with Crippen LogP contribution < -0.4 is 25.5 Å². The summed E-state index contributed by atoms with van der Waals surface area (Å²) in [5, 5.41) is 8.80. The first kappa shape index (κ1) is 25.4. The molecule has 0 spiro atoms. The number of hydrogen-bond donors (Lipinski definition) is 3. The Morgan fingerprint density at radius 3 is 2.34 bits per heavy atom. The third-order valence-electron chi connectivity index (χ3n) is 4.34. The first-order valence-electron chi connectivity index (χ1n) is 10.1. The van der Waals surface area contributed by atoms with Crippen molar-refractivity contribution in [2.45, 2.75) is 0 Å². The molecule has 3 aromatic rings. The number of para-hydroxylation sites is 1. The minimum absolute atomic E-state index is 0.253. The molecule has 0 bridgehead atoms. The molecule has 9 nitrogen and oxygen atoms in total. The van der Waals surface area contributed by atoms with E-state index in [1.54, 1.807) is 36.4 Å². The van der Waals surface area contributed by atoms with Crippen LogP contribution in [0.3, 0.4) is 0 Å². The Labute approximate surface area is 208 Å². The van der Waals surface area contributed by atoms with E-state index in [1.807, 2.05) is 6.07 Å². The van der Waals surface area contributed by atoms with E-state index in [2.05, 4.69) is 37.1 Å². The monoisotopic (exact) mass is 542 g/mol. The molecule has 0 heterocycles. The fraction of sp³-hybridized carbons (Fsp3) is 0.0833. The molecule has 180 valence electrons. The number of carbonyl (C=O) groups excluding carboxylic acids is 3. The number of rotatable bonds is 8. The molecule has 0 atom stereocenters. The highest BCUT2D eigenvalue weighted by atomic mass is 79.9. The van der Waals surface area contributed by atoms with Gasteiger partial charge in [-0.3, -0.25) is 14.4 Å². The summed E-state index contributed by atoms with van der Waals surface area (Å²) in [7, 11) is 1.43. The zero-order chi connectivity index (χ0) is 25.2. The topological polar surface area (TPSA) is 118 Å². The van der Waals surface area contributed by atoms with Crippen LogP contribution in [-0.2, 0) is 14.4 Å². The van der Waals surface area contributed by atoms with E-state index in [4.69, 9.17) is 9.47 Å². The molecule has 0 saturated carbocycles. The van der Waals surface area contributed by atoms with Gasteiger partial charge in [0.25, 0.3) is 5.91 Å². The SMILES string of the molecule is COc1cc(/C=N\NC(=O)C(=O)Nc2ccc(F)cc2)cc(Br)c1OCC(=O)Nc1ccccc1. The quantitative estimate of drug-likeness (QED) is 0.228. The van der Waals surface area contributed by atoms with Crippen LogP contribution >= 0.6 is 15.9 Å². The van der Waals surface area contributed by atoms with Crippen molar-refractivity contribution in [1.29, 1.82) is 0 Å². The molecule has 3 rings (SSSR count). The Morgan fingerprint density at radius 1 is 0.971 bits per heavy atom. The smallest absolute Gasteiger partial charge is 0.329 e. The highest BCUT2D eigenvalue weighted by molar-refractivity contribution is 9.10. The van der Waals surface area contributed by atoms with Crippen LogP contribution in [0.25, 0.3) is 0 Å². The molecule has 11 heteroatoms. The lowest BCUT2D eigenvalue weighted by Gasteiger charge is -2.13. The van der Waals surface area contributed by atoms with Gasteiger partial charge in [0.2, 0.25) is 0 Å². The maximum Gasteiger partial charge on any atom is 0.329 e. The standard InChI is InChI=1S/C24H20BrFN4O5/c1-34-20-12-15(13-27-30-24(33)23(32)29-18-9-7-16(26)8-10-18)11-19(25)22(20)35-14-21(31)28-17-5-3-2-4-6-17/h2-13H,14H2,1H3,(H,28,31)(H,29,32)(H,30,33)/b27-13-. The van der Waals surface area contributed by atoms with Gasteiger partial charge in [0.05, 0.1) is 17.8 Å². The highest BCUT2D eigenvalue weighted by Gasteiger charge is 2.15. The molecule has 0 radical (unpaired) electrons. The van der Waals surface area contributed by atoms with Crippen molar-refractivity contribution in [2.24, 2.45) is 5.10 Å². The number of hydrazone groups is 1. The zero-order valence-corrected chi connectivity index (χ0v) is 20.0. The van der Waals surface area contributed by atoms with Gasteiger partial charge in [-0.15, -0.1) is 0 Å². The number of benzene rings is 3. The molecule has 0 fully saturated rings. The van der Waals surface area contributed by atoms with Crippen LogP contribution in [0.2, 0.25) is 0 Å². The second-order valence-corrected chi connectivity index (χ2v) is 7.75. The molecule has 0 aromatic heterocycles. The number of anilines is 2. The van der Waals surface area contributed by atoms with Crippen LogP contribution in [0.1, 0.15) is 5.56 Å². The van der Waals surface area contributed by atoms with Gasteiger partial charge >= 0.3 is 11.8 Å². The summed E-state index contributed by atoms with van der Waals surface area (Å²) in [5.74, 6) is -2.18. The third-order valence-corrected chi connectivity index (χ3v) is 4.93. The van der Waals surface area contributed by atoms with Crippen molar-refractivity contribution in [3.05, 3.63) is 82.6 Å². The van der Waals surface area contributed by atoms with Crippen LogP contribution in [0.15, 0.2) is 76.3 Å². The van der Waals surface area contributed by atoms with Crippen LogP contribution in [0.4, 0.5) is 15.8 Å². The van der Waals surface area contributed by atoms with Crippen molar-refractivity contribution in [3.63, 3.8) is 0 Å². The van der Waals surface area contributed by atoms with E-state index >= 15 is 0 Å². The molecule has 0 saturated heterocycles. The van der Waals surface area contributed by atoms with E-state index in [1.165, 1.54) is 25.5 Å². The Kier molecular flexibility index (Phi) is 8.90. The summed E-state index contributed by atoms with van der Waals surface area (Å²) < 4.78 is 24.3. The normalized spacial score (nSPS) is 10.5. The molecule has 35 heavy (non-hydrogen) atoms. The number of halogens is 2. The van der Waals surface area contributed by atoms with Gasteiger partial charge in [-0.2, -0.15) is 5.10 Å². The molecular weight excluding hydrogens is 523 g/mol. The van der Waals surface area contributed by atoms with Gasteiger partial charge in [-0.25, -0.2) is 9.82 Å².